The van der Waals surface area contributed by atoms with Crippen LogP contribution in [0.3, 0.4) is 0 Å². The van der Waals surface area contributed by atoms with Crippen molar-refractivity contribution in [1.82, 2.24) is 0 Å². The van der Waals surface area contributed by atoms with Crippen molar-refractivity contribution in [3.63, 3.8) is 0 Å². The Labute approximate surface area is 89.1 Å². The molecule has 14 heavy (non-hydrogen) atoms. The molecule has 0 aliphatic carbocycles. The van der Waals surface area contributed by atoms with Crippen molar-refractivity contribution >= 4 is 33.0 Å². The average molecular weight is 233 g/mol. The summed E-state index contributed by atoms with van der Waals surface area (Å²) in [5, 5.41) is 2.83. The summed E-state index contributed by atoms with van der Waals surface area (Å²) in [5.74, 6) is 0. The predicted molar refractivity (Wildman–Crippen MR) is 56.5 cm³/mol. The Balaban J connectivity index is 2.86. The fourth-order valence-electron chi connectivity index (χ4n) is 1.49. The fourth-order valence-corrected chi connectivity index (χ4v) is 2.61. The Bertz CT molecular complexity index is 476. The van der Waals surface area contributed by atoms with E-state index in [1.807, 2.05) is 0 Å². The molecule has 0 spiro atoms. The number of hydrogen-bond acceptors (Lipinski definition) is 1. The van der Waals surface area contributed by atoms with Crippen LogP contribution in [0.4, 0.5) is 8.78 Å². The van der Waals surface area contributed by atoms with Crippen molar-refractivity contribution in [1.29, 1.82) is 0 Å². The summed E-state index contributed by atoms with van der Waals surface area (Å²) in [5.41, 5.74) is 0.543. The van der Waals surface area contributed by atoms with Gasteiger partial charge >= 0.3 is 0 Å². The summed E-state index contributed by atoms with van der Waals surface area (Å²) in [4.78, 5) is 0. The number of fused-ring (bicyclic) bond motifs is 1. The quantitative estimate of drug-likeness (QED) is 0.663. The van der Waals surface area contributed by atoms with Crippen LogP contribution in [0.25, 0.3) is 10.1 Å². The van der Waals surface area contributed by atoms with E-state index in [4.69, 9.17) is 11.6 Å². The van der Waals surface area contributed by atoms with E-state index in [2.05, 4.69) is 0 Å². The molecule has 0 saturated heterocycles. The molecule has 0 atom stereocenters. The molecule has 2 rings (SSSR count). The number of halogens is 3. The summed E-state index contributed by atoms with van der Waals surface area (Å²) >= 11 is 7.29. The van der Waals surface area contributed by atoms with E-state index in [0.29, 0.717) is 16.0 Å². The zero-order chi connectivity index (χ0) is 10.3. The summed E-state index contributed by atoms with van der Waals surface area (Å²) in [6.45, 7) is 1.63. The molecule has 1 aromatic heterocycles. The van der Waals surface area contributed by atoms with Crippen molar-refractivity contribution in [2.75, 3.05) is 0 Å². The molecule has 0 unspecified atom stereocenters. The van der Waals surface area contributed by atoms with Gasteiger partial charge in [0, 0.05) is 20.7 Å². The number of alkyl halides is 2. The molecule has 4 heteroatoms. The van der Waals surface area contributed by atoms with Gasteiger partial charge in [-0.05, 0) is 30.0 Å². The second-order valence-corrected chi connectivity index (χ2v) is 4.39. The molecule has 0 radical (unpaired) electrons. The highest BCUT2D eigenvalue weighted by atomic mass is 35.5. The van der Waals surface area contributed by atoms with Crippen molar-refractivity contribution in [2.45, 2.75) is 13.3 Å². The lowest BCUT2D eigenvalue weighted by Gasteiger charge is -2.08. The SMILES string of the molecule is Cc1c(Cl)cc2sccc2c1C(F)F. The molecule has 0 aliphatic heterocycles. The van der Waals surface area contributed by atoms with Crippen LogP contribution in [0.5, 0.6) is 0 Å². The Kier molecular flexibility index (Phi) is 2.45. The lowest BCUT2D eigenvalue weighted by molar-refractivity contribution is 0.152. The lowest BCUT2D eigenvalue weighted by Crippen LogP contribution is -1.91. The first-order valence-electron chi connectivity index (χ1n) is 4.05. The Morgan fingerprint density at radius 2 is 2.14 bits per heavy atom. The van der Waals surface area contributed by atoms with E-state index in [0.717, 1.165) is 4.70 Å². The molecule has 0 aliphatic rings. The number of thiophene rings is 1. The van der Waals surface area contributed by atoms with Crippen LogP contribution in [-0.4, -0.2) is 0 Å². The van der Waals surface area contributed by atoms with Gasteiger partial charge in [0.15, 0.2) is 0 Å². The van der Waals surface area contributed by atoms with Gasteiger partial charge in [0.1, 0.15) is 0 Å². The van der Waals surface area contributed by atoms with Crippen LogP contribution in [0.15, 0.2) is 17.5 Å². The third-order valence-corrected chi connectivity index (χ3v) is 3.48. The maximum absolute atomic E-state index is 12.8. The van der Waals surface area contributed by atoms with Gasteiger partial charge in [-0.25, -0.2) is 8.78 Å². The van der Waals surface area contributed by atoms with Crippen molar-refractivity contribution < 1.29 is 8.78 Å². The van der Waals surface area contributed by atoms with Gasteiger partial charge in [0.05, 0.1) is 0 Å². The topological polar surface area (TPSA) is 0 Å². The monoisotopic (exact) mass is 232 g/mol. The second kappa shape index (κ2) is 3.48. The third kappa shape index (κ3) is 1.41. The van der Waals surface area contributed by atoms with Crippen LogP contribution >= 0.6 is 22.9 Å². The fraction of sp³-hybridized carbons (Fsp3) is 0.200. The largest absolute Gasteiger partial charge is 0.264 e. The molecular weight excluding hydrogens is 226 g/mol. The predicted octanol–water partition coefficient (Wildman–Crippen LogP) is 4.80. The lowest BCUT2D eigenvalue weighted by atomic mass is 10.1. The minimum Gasteiger partial charge on any atom is -0.205 e. The first-order valence-corrected chi connectivity index (χ1v) is 5.31. The molecule has 0 N–H and O–H groups in total. The number of benzene rings is 1. The standard InChI is InChI=1S/C10H7ClF2S/c1-5-7(11)4-8-6(2-3-14-8)9(5)10(12)13/h2-4,10H,1H3. The van der Waals surface area contributed by atoms with Gasteiger partial charge in [-0.2, -0.15) is 0 Å². The smallest absolute Gasteiger partial charge is 0.205 e. The van der Waals surface area contributed by atoms with Gasteiger partial charge in [0.25, 0.3) is 6.43 Å². The van der Waals surface area contributed by atoms with E-state index >= 15 is 0 Å². The Morgan fingerprint density at radius 1 is 1.43 bits per heavy atom. The van der Waals surface area contributed by atoms with Gasteiger partial charge in [0.2, 0.25) is 0 Å². The normalized spacial score (nSPS) is 11.5. The maximum Gasteiger partial charge on any atom is 0.264 e. The summed E-state index contributed by atoms with van der Waals surface area (Å²) in [6, 6.07) is 3.45. The summed E-state index contributed by atoms with van der Waals surface area (Å²) in [6.07, 6.45) is -2.47. The van der Waals surface area contributed by atoms with Crippen LogP contribution in [0.2, 0.25) is 5.02 Å². The van der Waals surface area contributed by atoms with Gasteiger partial charge < -0.3 is 0 Å². The second-order valence-electron chi connectivity index (χ2n) is 3.03. The van der Waals surface area contributed by atoms with Crippen LogP contribution in [0, 0.1) is 6.92 Å². The van der Waals surface area contributed by atoms with Crippen molar-refractivity contribution in [2.24, 2.45) is 0 Å². The Morgan fingerprint density at radius 3 is 2.79 bits per heavy atom. The van der Waals surface area contributed by atoms with Crippen molar-refractivity contribution in [3.05, 3.63) is 33.7 Å². The minimum absolute atomic E-state index is 0.0637. The molecule has 1 heterocycles. The molecule has 2 aromatic rings. The van der Waals surface area contributed by atoms with Crippen LogP contribution < -0.4 is 0 Å². The molecule has 74 valence electrons. The van der Waals surface area contributed by atoms with Gasteiger partial charge in [-0.3, -0.25) is 0 Å². The molecule has 0 bridgehead atoms. The highest BCUT2D eigenvalue weighted by Gasteiger charge is 2.17. The van der Waals surface area contributed by atoms with E-state index < -0.39 is 6.43 Å². The summed E-state index contributed by atoms with van der Waals surface area (Å²) < 4.78 is 26.3. The van der Waals surface area contributed by atoms with E-state index in [1.54, 1.807) is 24.4 Å². The number of rotatable bonds is 1. The highest BCUT2D eigenvalue weighted by Crippen LogP contribution is 2.37. The third-order valence-electron chi connectivity index (χ3n) is 2.22. The van der Waals surface area contributed by atoms with Gasteiger partial charge in [-0.1, -0.05) is 11.6 Å². The van der Waals surface area contributed by atoms with E-state index in [-0.39, 0.29) is 5.56 Å². The van der Waals surface area contributed by atoms with E-state index in [9.17, 15) is 8.78 Å². The zero-order valence-corrected chi connectivity index (χ0v) is 8.92. The maximum atomic E-state index is 12.8. The van der Waals surface area contributed by atoms with Gasteiger partial charge in [-0.15, -0.1) is 11.3 Å². The minimum atomic E-state index is -2.47. The Hall–Kier alpha value is -0.670. The summed E-state index contributed by atoms with van der Waals surface area (Å²) in [7, 11) is 0. The molecule has 0 fully saturated rings. The molecule has 0 amide bonds. The van der Waals surface area contributed by atoms with Crippen molar-refractivity contribution in [3.8, 4) is 0 Å². The molecular formula is C10H7ClF2S. The van der Waals surface area contributed by atoms with E-state index in [1.165, 1.54) is 11.3 Å². The molecule has 0 nitrogen and oxygen atoms in total. The van der Waals surface area contributed by atoms with Crippen LogP contribution in [0.1, 0.15) is 17.6 Å². The highest BCUT2D eigenvalue weighted by molar-refractivity contribution is 7.17. The molecule has 1 aromatic carbocycles. The zero-order valence-electron chi connectivity index (χ0n) is 7.35. The average Bonchev–Trinajstić information content (AvgIpc) is 2.52. The first-order chi connectivity index (χ1) is 6.61. The first kappa shape index (κ1) is 9.87. The van der Waals surface area contributed by atoms with Crippen LogP contribution in [-0.2, 0) is 0 Å². The number of hydrogen-bond donors (Lipinski definition) is 0. The molecule has 0 saturated carbocycles.